The molecule has 0 atom stereocenters. The molecule has 0 bridgehead atoms. The smallest absolute Gasteiger partial charge is 0.203 e. The summed E-state index contributed by atoms with van der Waals surface area (Å²) in [5, 5.41) is 0.993. The van der Waals surface area contributed by atoms with Crippen molar-refractivity contribution in [3.63, 3.8) is 0 Å². The Morgan fingerprint density at radius 1 is 0.939 bits per heavy atom. The lowest BCUT2D eigenvalue weighted by molar-refractivity contribution is 0.104. The Hall–Kier alpha value is -3.71. The number of H-pyrrole nitrogens is 1. The molecule has 3 aromatic carbocycles. The van der Waals surface area contributed by atoms with Crippen molar-refractivity contribution >= 4 is 34.5 Å². The first kappa shape index (κ1) is 22.5. The van der Waals surface area contributed by atoms with Gasteiger partial charge in [-0.3, -0.25) is 4.79 Å². The summed E-state index contributed by atoms with van der Waals surface area (Å²) in [6.07, 6.45) is 3.69. The Balaban J connectivity index is 1.82. The lowest BCUT2D eigenvalue weighted by Gasteiger charge is -2.14. The average molecular weight is 464 g/mol. The molecule has 4 aromatic rings. The summed E-state index contributed by atoms with van der Waals surface area (Å²) in [5.74, 6) is 0.619. The second-order valence-electron chi connectivity index (χ2n) is 7.10. The molecule has 5 nitrogen and oxygen atoms in total. The molecular formula is C26H22FNO4S. The monoisotopic (exact) mass is 463 g/mol. The fraction of sp³-hybridized carbons (Fsp3) is 0.115. The highest BCUT2D eigenvalue weighted by atomic mass is 32.2. The third-order valence-electron chi connectivity index (χ3n) is 5.10. The number of carbonyl (C=O) groups is 1. The molecule has 7 heteroatoms. The van der Waals surface area contributed by atoms with E-state index in [0.717, 1.165) is 21.4 Å². The first-order valence-electron chi connectivity index (χ1n) is 10.1. The molecular weight excluding hydrogens is 441 g/mol. The van der Waals surface area contributed by atoms with Gasteiger partial charge in [0.25, 0.3) is 0 Å². The maximum absolute atomic E-state index is 13.7. The van der Waals surface area contributed by atoms with Crippen LogP contribution in [0.4, 0.5) is 4.39 Å². The number of aromatic nitrogens is 1. The Bertz CT molecular complexity index is 1300. The van der Waals surface area contributed by atoms with E-state index in [0.29, 0.717) is 27.7 Å². The van der Waals surface area contributed by atoms with E-state index >= 15 is 0 Å². The van der Waals surface area contributed by atoms with Crippen molar-refractivity contribution in [3.8, 4) is 17.2 Å². The molecule has 0 saturated heterocycles. The minimum atomic E-state index is -0.336. The van der Waals surface area contributed by atoms with Crippen LogP contribution >= 0.6 is 11.8 Å². The van der Waals surface area contributed by atoms with Crippen molar-refractivity contribution in [1.29, 1.82) is 0 Å². The Morgan fingerprint density at radius 3 is 2.24 bits per heavy atom. The Morgan fingerprint density at radius 2 is 1.61 bits per heavy atom. The van der Waals surface area contributed by atoms with Crippen LogP contribution < -0.4 is 14.2 Å². The van der Waals surface area contributed by atoms with Gasteiger partial charge in [-0.1, -0.05) is 30.0 Å². The Kier molecular flexibility index (Phi) is 6.70. The fourth-order valence-electron chi connectivity index (χ4n) is 3.48. The number of halogens is 1. The van der Waals surface area contributed by atoms with Crippen LogP contribution in [-0.4, -0.2) is 32.1 Å². The minimum Gasteiger partial charge on any atom is -0.493 e. The molecule has 0 unspecified atom stereocenters. The SMILES string of the molecule is COc1cc(C(=O)/C(=C\c2c[nH]c3ccccc23)Sc2ccc(F)cc2)cc(OC)c1OC. The Labute approximate surface area is 195 Å². The van der Waals surface area contributed by atoms with Gasteiger partial charge in [-0.2, -0.15) is 0 Å². The second-order valence-corrected chi connectivity index (χ2v) is 8.21. The zero-order chi connectivity index (χ0) is 23.4. The predicted molar refractivity (Wildman–Crippen MR) is 129 cm³/mol. The van der Waals surface area contributed by atoms with Crippen LogP contribution in [0.2, 0.25) is 0 Å². The quantitative estimate of drug-likeness (QED) is 0.187. The average Bonchev–Trinajstić information content (AvgIpc) is 3.26. The molecule has 168 valence electrons. The summed E-state index contributed by atoms with van der Waals surface area (Å²) in [4.78, 5) is 18.1. The van der Waals surface area contributed by atoms with E-state index in [4.69, 9.17) is 14.2 Å². The minimum absolute atomic E-state index is 0.228. The number of ketones is 1. The number of carbonyl (C=O) groups excluding carboxylic acids is 1. The summed E-state index contributed by atoms with van der Waals surface area (Å²) in [6, 6.07) is 17.1. The highest BCUT2D eigenvalue weighted by molar-refractivity contribution is 8.04. The van der Waals surface area contributed by atoms with E-state index in [1.54, 1.807) is 24.3 Å². The van der Waals surface area contributed by atoms with Crippen LogP contribution in [0.3, 0.4) is 0 Å². The van der Waals surface area contributed by atoms with Crippen LogP contribution in [0.25, 0.3) is 17.0 Å². The van der Waals surface area contributed by atoms with Gasteiger partial charge in [0.1, 0.15) is 5.82 Å². The van der Waals surface area contributed by atoms with Gasteiger partial charge >= 0.3 is 0 Å². The molecule has 4 rings (SSSR count). The summed E-state index contributed by atoms with van der Waals surface area (Å²) < 4.78 is 29.6. The highest BCUT2D eigenvalue weighted by Crippen LogP contribution is 2.40. The molecule has 0 aliphatic carbocycles. The van der Waals surface area contributed by atoms with Crippen LogP contribution in [-0.2, 0) is 0 Å². The molecule has 0 saturated carbocycles. The molecule has 1 heterocycles. The molecule has 1 aromatic heterocycles. The number of para-hydroxylation sites is 1. The van der Waals surface area contributed by atoms with Gasteiger partial charge in [-0.05, 0) is 48.5 Å². The third-order valence-corrected chi connectivity index (χ3v) is 6.13. The highest BCUT2D eigenvalue weighted by Gasteiger charge is 2.21. The molecule has 0 aliphatic rings. The van der Waals surface area contributed by atoms with Crippen molar-refractivity contribution < 1.29 is 23.4 Å². The zero-order valence-corrected chi connectivity index (χ0v) is 19.2. The number of hydrogen-bond acceptors (Lipinski definition) is 5. The number of benzene rings is 3. The number of Topliss-reactive ketones (excluding diaryl/α,β-unsaturated/α-hetero) is 1. The standard InChI is InChI=1S/C26H22FNO4S/c1-30-22-12-16(13-23(31-2)26(22)32-3)25(29)24(33-19-10-8-18(27)9-11-19)14-17-15-28-21-7-5-4-6-20(17)21/h4-15,28H,1-3H3/b24-14+. The predicted octanol–water partition coefficient (Wildman–Crippen LogP) is 6.35. The summed E-state index contributed by atoms with van der Waals surface area (Å²) in [6.45, 7) is 0. The maximum Gasteiger partial charge on any atom is 0.203 e. The zero-order valence-electron chi connectivity index (χ0n) is 18.3. The van der Waals surface area contributed by atoms with Gasteiger partial charge in [0.05, 0.1) is 26.2 Å². The normalized spacial score (nSPS) is 11.5. The largest absolute Gasteiger partial charge is 0.493 e. The van der Waals surface area contributed by atoms with Gasteiger partial charge < -0.3 is 19.2 Å². The maximum atomic E-state index is 13.7. The number of thioether (sulfide) groups is 1. The summed E-state index contributed by atoms with van der Waals surface area (Å²) >= 11 is 1.26. The summed E-state index contributed by atoms with van der Waals surface area (Å²) in [7, 11) is 4.51. The van der Waals surface area contributed by atoms with Gasteiger partial charge in [-0.25, -0.2) is 4.39 Å². The van der Waals surface area contributed by atoms with Crippen LogP contribution in [0, 0.1) is 5.82 Å². The number of allylic oxidation sites excluding steroid dienone is 1. The second kappa shape index (κ2) is 9.83. The number of aromatic amines is 1. The summed E-state index contributed by atoms with van der Waals surface area (Å²) in [5.41, 5.74) is 2.22. The molecule has 0 fully saturated rings. The van der Waals surface area contributed by atoms with E-state index in [1.807, 2.05) is 36.5 Å². The number of ether oxygens (including phenoxy) is 3. The van der Waals surface area contributed by atoms with Gasteiger partial charge in [-0.15, -0.1) is 0 Å². The van der Waals surface area contributed by atoms with E-state index < -0.39 is 0 Å². The van der Waals surface area contributed by atoms with E-state index in [9.17, 15) is 9.18 Å². The number of hydrogen-bond donors (Lipinski definition) is 1. The number of methoxy groups -OCH3 is 3. The lowest BCUT2D eigenvalue weighted by Crippen LogP contribution is -2.04. The molecule has 1 N–H and O–H groups in total. The first-order valence-corrected chi connectivity index (χ1v) is 10.9. The lowest BCUT2D eigenvalue weighted by atomic mass is 10.1. The van der Waals surface area contributed by atoms with E-state index in [2.05, 4.69) is 4.98 Å². The molecule has 33 heavy (non-hydrogen) atoms. The van der Waals surface area contributed by atoms with Gasteiger partial charge in [0, 0.05) is 33.1 Å². The molecule has 0 aliphatic heterocycles. The first-order chi connectivity index (χ1) is 16.0. The van der Waals surface area contributed by atoms with Crippen molar-refractivity contribution in [1.82, 2.24) is 4.98 Å². The number of nitrogens with one attached hydrogen (secondary N) is 1. The fourth-order valence-corrected chi connectivity index (χ4v) is 4.40. The molecule has 0 radical (unpaired) electrons. The number of fused-ring (bicyclic) bond motifs is 1. The van der Waals surface area contributed by atoms with Crippen molar-refractivity contribution in [2.24, 2.45) is 0 Å². The number of rotatable bonds is 8. The van der Waals surface area contributed by atoms with Crippen LogP contribution in [0.5, 0.6) is 17.2 Å². The molecule has 0 amide bonds. The van der Waals surface area contributed by atoms with Gasteiger partial charge in [0.2, 0.25) is 5.75 Å². The van der Waals surface area contributed by atoms with Crippen LogP contribution in [0.1, 0.15) is 15.9 Å². The van der Waals surface area contributed by atoms with E-state index in [1.165, 1.54) is 45.2 Å². The van der Waals surface area contributed by atoms with Crippen molar-refractivity contribution in [3.05, 3.63) is 88.7 Å². The van der Waals surface area contributed by atoms with E-state index in [-0.39, 0.29) is 11.6 Å². The van der Waals surface area contributed by atoms with Crippen molar-refractivity contribution in [2.75, 3.05) is 21.3 Å². The topological polar surface area (TPSA) is 60.6 Å². The van der Waals surface area contributed by atoms with Crippen molar-refractivity contribution in [2.45, 2.75) is 4.90 Å². The van der Waals surface area contributed by atoms with Crippen LogP contribution in [0.15, 0.2) is 76.7 Å². The molecule has 0 spiro atoms. The third kappa shape index (κ3) is 4.73. The van der Waals surface area contributed by atoms with Gasteiger partial charge in [0.15, 0.2) is 17.3 Å².